The van der Waals surface area contributed by atoms with E-state index < -0.39 is 24.5 Å². The van der Waals surface area contributed by atoms with E-state index in [9.17, 15) is 17.6 Å². The van der Waals surface area contributed by atoms with Gasteiger partial charge in [0.05, 0.1) is 21.9 Å². The summed E-state index contributed by atoms with van der Waals surface area (Å²) in [6.07, 6.45) is -5.32. The Hall–Kier alpha value is -0.890. The smallest absolute Gasteiger partial charge is 0.331 e. The number of benzene rings is 1. The number of alkyl halides is 3. The van der Waals surface area contributed by atoms with Gasteiger partial charge in [-0.15, -0.1) is 0 Å². The van der Waals surface area contributed by atoms with Crippen LogP contribution in [0.25, 0.3) is 11.0 Å². The van der Waals surface area contributed by atoms with Gasteiger partial charge < -0.3 is 9.55 Å². The number of nitrogens with one attached hydrogen (secondary N) is 1. The molecule has 2 nitrogen and oxygen atoms in total. The Balaban J connectivity index is 2.57. The molecule has 0 bridgehead atoms. The van der Waals surface area contributed by atoms with Gasteiger partial charge in [0.2, 0.25) is 0 Å². The van der Waals surface area contributed by atoms with Gasteiger partial charge >= 0.3 is 6.18 Å². The Labute approximate surface area is 119 Å². The number of H-pyrrole nitrogens is 1. The fourth-order valence-corrected chi connectivity index (χ4v) is 2.72. The third-order valence-corrected chi connectivity index (χ3v) is 3.63. The molecule has 0 aliphatic heterocycles. The maximum Gasteiger partial charge on any atom is 0.391 e. The Kier molecular flexibility index (Phi) is 3.74. The number of rotatable bonds is 2. The fourth-order valence-electron chi connectivity index (χ4n) is 1.98. The number of imidazole rings is 1. The van der Waals surface area contributed by atoms with Crippen LogP contribution in [0.3, 0.4) is 0 Å². The molecule has 1 atom stereocenters. The molecule has 1 aromatic heterocycles. The molecule has 1 N–H and O–H groups in total. The molecule has 0 amide bonds. The van der Waals surface area contributed by atoms with E-state index in [1.165, 1.54) is 23.6 Å². The predicted molar refractivity (Wildman–Crippen MR) is 70.2 cm³/mol. The minimum Gasteiger partial charge on any atom is -0.331 e. The van der Waals surface area contributed by atoms with Gasteiger partial charge in [0, 0.05) is 12.1 Å². The highest BCUT2D eigenvalue weighted by Crippen LogP contribution is 2.31. The van der Waals surface area contributed by atoms with E-state index in [0.717, 1.165) is 0 Å². The van der Waals surface area contributed by atoms with E-state index >= 15 is 0 Å². The summed E-state index contributed by atoms with van der Waals surface area (Å²) >= 11 is 8.02. The molecule has 0 radical (unpaired) electrons. The van der Waals surface area contributed by atoms with Gasteiger partial charge in [-0.1, -0.05) is 0 Å². The van der Waals surface area contributed by atoms with Gasteiger partial charge in [0.15, 0.2) is 4.77 Å². The molecule has 8 heteroatoms. The summed E-state index contributed by atoms with van der Waals surface area (Å²) < 4.78 is 52.5. The third-order valence-electron chi connectivity index (χ3n) is 2.73. The van der Waals surface area contributed by atoms with Crippen LogP contribution in [0.4, 0.5) is 17.6 Å². The molecule has 0 spiro atoms. The normalized spacial score (nSPS) is 14.0. The lowest BCUT2D eigenvalue weighted by atomic mass is 10.2. The topological polar surface area (TPSA) is 20.7 Å². The van der Waals surface area contributed by atoms with Crippen molar-refractivity contribution in [1.82, 2.24) is 9.55 Å². The Morgan fingerprint density at radius 1 is 1.42 bits per heavy atom. The lowest BCUT2D eigenvalue weighted by Gasteiger charge is -2.16. The van der Waals surface area contributed by atoms with Crippen molar-refractivity contribution in [2.45, 2.75) is 25.6 Å². The van der Waals surface area contributed by atoms with Crippen LogP contribution in [0.1, 0.15) is 19.4 Å². The van der Waals surface area contributed by atoms with Crippen LogP contribution in [0.2, 0.25) is 0 Å². The molecule has 0 saturated heterocycles. The van der Waals surface area contributed by atoms with Crippen LogP contribution in [0.5, 0.6) is 0 Å². The molecule has 19 heavy (non-hydrogen) atoms. The molecule has 104 valence electrons. The first-order valence-corrected chi connectivity index (χ1v) is 6.55. The maximum atomic E-state index is 13.5. The highest BCUT2D eigenvalue weighted by atomic mass is 79.9. The van der Waals surface area contributed by atoms with Crippen LogP contribution in [0.15, 0.2) is 16.6 Å². The third kappa shape index (κ3) is 3.00. The van der Waals surface area contributed by atoms with Gasteiger partial charge in [-0.2, -0.15) is 13.2 Å². The summed E-state index contributed by atoms with van der Waals surface area (Å²) in [7, 11) is 0. The first-order chi connectivity index (χ1) is 8.69. The second-order valence-corrected chi connectivity index (χ2v) is 5.49. The van der Waals surface area contributed by atoms with Crippen LogP contribution in [0, 0.1) is 10.6 Å². The molecule has 1 heterocycles. The monoisotopic (exact) mass is 356 g/mol. The lowest BCUT2D eigenvalue weighted by molar-refractivity contribution is -0.141. The molecule has 1 unspecified atom stereocenters. The van der Waals surface area contributed by atoms with Gasteiger partial charge in [-0.05, 0) is 41.1 Å². The molecule has 0 aliphatic carbocycles. The molecular formula is C11H9BrF4N2S. The minimum atomic E-state index is -4.30. The maximum absolute atomic E-state index is 13.5. The van der Waals surface area contributed by atoms with Crippen LogP contribution >= 0.6 is 28.1 Å². The molecular weight excluding hydrogens is 348 g/mol. The van der Waals surface area contributed by atoms with E-state index in [0.29, 0.717) is 11.0 Å². The Bertz CT molecular complexity index is 674. The summed E-state index contributed by atoms with van der Waals surface area (Å²) in [5.41, 5.74) is 0.815. The van der Waals surface area contributed by atoms with Crippen molar-refractivity contribution in [1.29, 1.82) is 0 Å². The van der Waals surface area contributed by atoms with Gasteiger partial charge in [-0.25, -0.2) is 4.39 Å². The first kappa shape index (κ1) is 14.5. The second kappa shape index (κ2) is 4.90. The van der Waals surface area contributed by atoms with Crippen molar-refractivity contribution in [3.05, 3.63) is 27.2 Å². The fraction of sp³-hybridized carbons (Fsp3) is 0.364. The Morgan fingerprint density at radius 3 is 2.63 bits per heavy atom. The number of halogens is 5. The zero-order valence-electron chi connectivity index (χ0n) is 9.68. The summed E-state index contributed by atoms with van der Waals surface area (Å²) in [6, 6.07) is 1.72. The van der Waals surface area contributed by atoms with Crippen molar-refractivity contribution in [2.24, 2.45) is 0 Å². The van der Waals surface area contributed by atoms with Crippen LogP contribution in [-0.2, 0) is 0 Å². The number of nitrogens with zero attached hydrogens (tertiary/aromatic N) is 1. The largest absolute Gasteiger partial charge is 0.391 e. The van der Waals surface area contributed by atoms with Crippen molar-refractivity contribution in [2.75, 3.05) is 0 Å². The van der Waals surface area contributed by atoms with E-state index in [1.54, 1.807) is 0 Å². The lowest BCUT2D eigenvalue weighted by Crippen LogP contribution is -2.16. The highest BCUT2D eigenvalue weighted by Gasteiger charge is 2.31. The average Bonchev–Trinajstić information content (AvgIpc) is 2.52. The number of hydrogen-bond acceptors (Lipinski definition) is 1. The van der Waals surface area contributed by atoms with Crippen molar-refractivity contribution in [3.8, 4) is 0 Å². The molecule has 0 aliphatic rings. The van der Waals surface area contributed by atoms with E-state index in [1.807, 2.05) is 0 Å². The van der Waals surface area contributed by atoms with E-state index in [-0.39, 0.29) is 9.24 Å². The van der Waals surface area contributed by atoms with E-state index in [2.05, 4.69) is 20.9 Å². The molecule has 2 rings (SSSR count). The van der Waals surface area contributed by atoms with Crippen LogP contribution < -0.4 is 0 Å². The Morgan fingerprint density at radius 2 is 2.05 bits per heavy atom. The summed E-state index contributed by atoms with van der Waals surface area (Å²) in [6.45, 7) is 1.40. The quantitative estimate of drug-likeness (QED) is 0.585. The minimum absolute atomic E-state index is 0.143. The number of hydrogen-bond donors (Lipinski definition) is 1. The van der Waals surface area contributed by atoms with Crippen LogP contribution in [-0.4, -0.2) is 15.7 Å². The summed E-state index contributed by atoms with van der Waals surface area (Å²) in [4.78, 5) is 2.78. The number of aromatic amines is 1. The summed E-state index contributed by atoms with van der Waals surface area (Å²) in [5, 5.41) is 0. The van der Waals surface area contributed by atoms with Crippen molar-refractivity contribution in [3.63, 3.8) is 0 Å². The highest BCUT2D eigenvalue weighted by molar-refractivity contribution is 9.10. The molecule has 2 aromatic rings. The van der Waals surface area contributed by atoms with Gasteiger partial charge in [0.1, 0.15) is 5.82 Å². The summed E-state index contributed by atoms with van der Waals surface area (Å²) in [5.74, 6) is -0.547. The average molecular weight is 357 g/mol. The van der Waals surface area contributed by atoms with Crippen molar-refractivity contribution >= 4 is 39.2 Å². The van der Waals surface area contributed by atoms with Crippen molar-refractivity contribution < 1.29 is 17.6 Å². The molecule has 0 fully saturated rings. The number of fused-ring (bicyclic) bond motifs is 1. The second-order valence-electron chi connectivity index (χ2n) is 4.25. The van der Waals surface area contributed by atoms with Gasteiger partial charge in [-0.3, -0.25) is 0 Å². The molecule has 0 saturated carbocycles. The number of aromatic nitrogens is 2. The zero-order valence-corrected chi connectivity index (χ0v) is 12.1. The zero-order chi connectivity index (χ0) is 14.4. The predicted octanol–water partition coefficient (Wildman–Crippen LogP) is 5.11. The first-order valence-electron chi connectivity index (χ1n) is 5.35. The van der Waals surface area contributed by atoms with Gasteiger partial charge in [0.25, 0.3) is 0 Å². The molecule has 1 aromatic carbocycles. The SMILES string of the molecule is CC(CC(F)(F)F)n1c(=S)[nH]c2cc(Br)c(F)cc21. The standard InChI is InChI=1S/C11H9BrF4N2S/c1-5(4-11(14,15)16)18-9-3-7(13)6(12)2-8(9)17-10(18)19/h2-3,5H,4H2,1H3,(H,17,19). The van der Waals surface area contributed by atoms with E-state index in [4.69, 9.17) is 12.2 Å².